The van der Waals surface area contributed by atoms with Crippen molar-refractivity contribution in [1.29, 1.82) is 0 Å². The van der Waals surface area contributed by atoms with Crippen LogP contribution in [0.4, 0.5) is 0 Å². The zero-order valence-corrected chi connectivity index (χ0v) is 16.9. The van der Waals surface area contributed by atoms with Gasteiger partial charge in [-0.1, -0.05) is 19.1 Å². The number of hydrogen-bond donors (Lipinski definition) is 2. The maximum Gasteiger partial charge on any atom is 0.253 e. The number of guanidine groups is 1. The average Bonchev–Trinajstić information content (AvgIpc) is 2.99. The standard InChI is InChI=1S/C20H33N5O/c1-14(2)25-12-15(3)18(13-25)23-20(21-4)22-11-16-7-9-17(10-8-16)19(26)24(5)6/h7-10,14-15,18H,11-13H2,1-6H3,(H2,21,22,23). The molecule has 0 spiro atoms. The highest BCUT2D eigenvalue weighted by atomic mass is 16.2. The zero-order valence-electron chi connectivity index (χ0n) is 16.9. The summed E-state index contributed by atoms with van der Waals surface area (Å²) in [4.78, 5) is 20.4. The van der Waals surface area contributed by atoms with Crippen molar-refractivity contribution >= 4 is 11.9 Å². The van der Waals surface area contributed by atoms with Gasteiger partial charge in [-0.25, -0.2) is 0 Å². The average molecular weight is 360 g/mol. The SMILES string of the molecule is CN=C(NCc1ccc(C(=O)N(C)C)cc1)NC1CN(C(C)C)CC1C. The molecule has 26 heavy (non-hydrogen) atoms. The predicted octanol–water partition coefficient (Wildman–Crippen LogP) is 1.78. The van der Waals surface area contributed by atoms with Crippen molar-refractivity contribution in [1.82, 2.24) is 20.4 Å². The summed E-state index contributed by atoms with van der Waals surface area (Å²) in [5.74, 6) is 1.43. The third-order valence-electron chi connectivity index (χ3n) is 4.98. The van der Waals surface area contributed by atoms with Gasteiger partial charge in [0, 0.05) is 58.4 Å². The van der Waals surface area contributed by atoms with Crippen molar-refractivity contribution in [3.05, 3.63) is 35.4 Å². The van der Waals surface area contributed by atoms with Gasteiger partial charge in [0.25, 0.3) is 5.91 Å². The van der Waals surface area contributed by atoms with Crippen LogP contribution in [0, 0.1) is 5.92 Å². The Morgan fingerprint density at radius 3 is 2.42 bits per heavy atom. The lowest BCUT2D eigenvalue weighted by atomic mass is 10.1. The van der Waals surface area contributed by atoms with Crippen LogP contribution < -0.4 is 10.6 Å². The number of rotatable bonds is 5. The van der Waals surface area contributed by atoms with Gasteiger partial charge in [-0.2, -0.15) is 0 Å². The molecule has 1 aliphatic rings. The third kappa shape index (κ3) is 5.21. The van der Waals surface area contributed by atoms with Crippen LogP contribution in [-0.4, -0.2) is 68.0 Å². The maximum absolute atomic E-state index is 11.9. The third-order valence-corrected chi connectivity index (χ3v) is 4.98. The minimum absolute atomic E-state index is 0.0203. The van der Waals surface area contributed by atoms with E-state index in [4.69, 9.17) is 0 Å². The number of likely N-dealkylation sites (tertiary alicyclic amines) is 1. The molecule has 2 N–H and O–H groups in total. The second kappa shape index (κ2) is 9.03. The molecule has 1 saturated heterocycles. The Hall–Kier alpha value is -2.08. The maximum atomic E-state index is 11.9. The van der Waals surface area contributed by atoms with E-state index < -0.39 is 0 Å². The quantitative estimate of drug-likeness (QED) is 0.622. The highest BCUT2D eigenvalue weighted by molar-refractivity contribution is 5.93. The molecule has 2 rings (SSSR count). The minimum atomic E-state index is 0.0203. The Kier molecular flexibility index (Phi) is 7.03. The smallest absolute Gasteiger partial charge is 0.253 e. The fourth-order valence-electron chi connectivity index (χ4n) is 3.19. The lowest BCUT2D eigenvalue weighted by Gasteiger charge is -2.22. The Morgan fingerprint density at radius 2 is 1.92 bits per heavy atom. The van der Waals surface area contributed by atoms with E-state index in [-0.39, 0.29) is 5.91 Å². The number of amides is 1. The highest BCUT2D eigenvalue weighted by Crippen LogP contribution is 2.18. The Labute approximate surface area is 157 Å². The molecule has 1 amide bonds. The van der Waals surface area contributed by atoms with E-state index >= 15 is 0 Å². The predicted molar refractivity (Wildman–Crippen MR) is 107 cm³/mol. The summed E-state index contributed by atoms with van der Waals surface area (Å²) in [5, 5.41) is 6.93. The van der Waals surface area contributed by atoms with Gasteiger partial charge in [0.05, 0.1) is 0 Å². The highest BCUT2D eigenvalue weighted by Gasteiger charge is 2.31. The molecule has 6 nitrogen and oxygen atoms in total. The van der Waals surface area contributed by atoms with E-state index in [1.54, 1.807) is 26.0 Å². The van der Waals surface area contributed by atoms with E-state index in [0.29, 0.717) is 30.1 Å². The van der Waals surface area contributed by atoms with Crippen LogP contribution in [0.1, 0.15) is 36.7 Å². The molecule has 0 aromatic heterocycles. The lowest BCUT2D eigenvalue weighted by molar-refractivity contribution is 0.0827. The van der Waals surface area contributed by atoms with E-state index in [0.717, 1.165) is 24.6 Å². The summed E-state index contributed by atoms with van der Waals surface area (Å²) in [5.41, 5.74) is 1.82. The molecule has 2 atom stereocenters. The van der Waals surface area contributed by atoms with Crippen LogP contribution in [0.3, 0.4) is 0 Å². The van der Waals surface area contributed by atoms with Gasteiger partial charge < -0.3 is 15.5 Å². The van der Waals surface area contributed by atoms with Gasteiger partial charge in [0.2, 0.25) is 0 Å². The van der Waals surface area contributed by atoms with Gasteiger partial charge in [-0.15, -0.1) is 0 Å². The van der Waals surface area contributed by atoms with Crippen molar-refractivity contribution in [3.8, 4) is 0 Å². The van der Waals surface area contributed by atoms with Crippen molar-refractivity contribution in [2.75, 3.05) is 34.2 Å². The number of nitrogens with zero attached hydrogens (tertiary/aromatic N) is 3. The molecule has 1 fully saturated rings. The number of nitrogens with one attached hydrogen (secondary N) is 2. The fraction of sp³-hybridized carbons (Fsp3) is 0.600. The summed E-state index contributed by atoms with van der Waals surface area (Å²) in [6.07, 6.45) is 0. The molecule has 1 aliphatic heterocycles. The number of carbonyl (C=O) groups is 1. The first-order chi connectivity index (χ1) is 12.3. The number of benzene rings is 1. The molecule has 0 radical (unpaired) electrons. The van der Waals surface area contributed by atoms with E-state index in [1.807, 2.05) is 24.3 Å². The van der Waals surface area contributed by atoms with Crippen molar-refractivity contribution in [2.24, 2.45) is 10.9 Å². The Bertz CT molecular complexity index is 624. The summed E-state index contributed by atoms with van der Waals surface area (Å²) in [6.45, 7) is 9.60. The Balaban J connectivity index is 1.88. The molecular weight excluding hydrogens is 326 g/mol. The van der Waals surface area contributed by atoms with E-state index in [2.05, 4.69) is 41.3 Å². The minimum Gasteiger partial charge on any atom is -0.352 e. The topological polar surface area (TPSA) is 60.0 Å². The molecule has 0 bridgehead atoms. The molecule has 0 aliphatic carbocycles. The molecular formula is C20H33N5O. The second-order valence-electron chi connectivity index (χ2n) is 7.60. The van der Waals surface area contributed by atoms with Crippen molar-refractivity contribution < 1.29 is 4.79 Å². The van der Waals surface area contributed by atoms with Gasteiger partial charge >= 0.3 is 0 Å². The molecule has 1 heterocycles. The van der Waals surface area contributed by atoms with E-state index in [1.165, 1.54) is 0 Å². The zero-order chi connectivity index (χ0) is 19.3. The molecule has 2 unspecified atom stereocenters. The summed E-state index contributed by atoms with van der Waals surface area (Å²) in [6, 6.07) is 8.68. The fourth-order valence-corrected chi connectivity index (χ4v) is 3.19. The summed E-state index contributed by atoms with van der Waals surface area (Å²) >= 11 is 0. The van der Waals surface area contributed by atoms with Gasteiger partial charge in [0.1, 0.15) is 0 Å². The van der Waals surface area contributed by atoms with Crippen LogP contribution in [-0.2, 0) is 6.54 Å². The van der Waals surface area contributed by atoms with Crippen LogP contribution in [0.5, 0.6) is 0 Å². The molecule has 144 valence electrons. The van der Waals surface area contributed by atoms with Crippen LogP contribution in [0.2, 0.25) is 0 Å². The number of aliphatic imine (C=N–C) groups is 1. The normalized spacial score (nSPS) is 21.1. The molecule has 6 heteroatoms. The van der Waals surface area contributed by atoms with Crippen LogP contribution in [0.25, 0.3) is 0 Å². The van der Waals surface area contributed by atoms with E-state index in [9.17, 15) is 4.79 Å². The van der Waals surface area contributed by atoms with Gasteiger partial charge in [-0.05, 0) is 37.5 Å². The number of hydrogen-bond acceptors (Lipinski definition) is 3. The summed E-state index contributed by atoms with van der Waals surface area (Å²) < 4.78 is 0. The van der Waals surface area contributed by atoms with Crippen molar-refractivity contribution in [2.45, 2.75) is 39.4 Å². The van der Waals surface area contributed by atoms with Crippen molar-refractivity contribution in [3.63, 3.8) is 0 Å². The monoisotopic (exact) mass is 359 g/mol. The van der Waals surface area contributed by atoms with Gasteiger partial charge in [0.15, 0.2) is 5.96 Å². The molecule has 0 saturated carbocycles. The Morgan fingerprint density at radius 1 is 1.27 bits per heavy atom. The summed E-state index contributed by atoms with van der Waals surface area (Å²) in [7, 11) is 5.32. The number of carbonyl (C=O) groups excluding carboxylic acids is 1. The molecule has 1 aromatic carbocycles. The van der Waals surface area contributed by atoms with Gasteiger partial charge in [-0.3, -0.25) is 14.7 Å². The van der Waals surface area contributed by atoms with Crippen LogP contribution in [0.15, 0.2) is 29.3 Å². The van der Waals surface area contributed by atoms with Crippen LogP contribution >= 0.6 is 0 Å². The first kappa shape index (κ1) is 20.2. The first-order valence-electron chi connectivity index (χ1n) is 9.33. The lowest BCUT2D eigenvalue weighted by Crippen LogP contribution is -2.46. The largest absolute Gasteiger partial charge is 0.352 e. The second-order valence-corrected chi connectivity index (χ2v) is 7.60. The molecule has 1 aromatic rings. The first-order valence-corrected chi connectivity index (χ1v) is 9.33.